The Morgan fingerprint density at radius 1 is 1.27 bits per heavy atom. The summed E-state index contributed by atoms with van der Waals surface area (Å²) >= 11 is 0. The molecular weight excluding hydrogens is 328 g/mol. The van der Waals surface area contributed by atoms with Gasteiger partial charge in [-0.2, -0.15) is 0 Å². The maximum atomic E-state index is 10.4. The zero-order valence-electron chi connectivity index (χ0n) is 15.8. The first-order valence-electron chi connectivity index (χ1n) is 9.58. The fraction of sp³-hybridized carbons (Fsp3) is 0.571. The molecule has 5 heteroatoms. The number of ether oxygens (including phenoxy) is 1. The molecule has 1 fully saturated rings. The Labute approximate surface area is 155 Å². The predicted molar refractivity (Wildman–Crippen MR) is 101 cm³/mol. The van der Waals surface area contributed by atoms with Gasteiger partial charge in [0, 0.05) is 31.6 Å². The van der Waals surface area contributed by atoms with E-state index < -0.39 is 0 Å². The summed E-state index contributed by atoms with van der Waals surface area (Å²) in [5.74, 6) is 2.30. The van der Waals surface area contributed by atoms with Gasteiger partial charge in [-0.1, -0.05) is 17.3 Å². The molecule has 3 rings (SSSR count). The van der Waals surface area contributed by atoms with Gasteiger partial charge < -0.3 is 14.4 Å². The number of aromatic nitrogens is 1. The van der Waals surface area contributed by atoms with Gasteiger partial charge in [-0.05, 0) is 56.2 Å². The Morgan fingerprint density at radius 2 is 2.08 bits per heavy atom. The lowest BCUT2D eigenvalue weighted by Gasteiger charge is -2.38. The number of aliphatic hydroxyl groups is 1. The van der Waals surface area contributed by atoms with Gasteiger partial charge in [0.25, 0.3) is 0 Å². The number of methoxy groups -OCH3 is 1. The zero-order chi connectivity index (χ0) is 18.4. The van der Waals surface area contributed by atoms with Gasteiger partial charge in [0.2, 0.25) is 0 Å². The first kappa shape index (κ1) is 18.9. The van der Waals surface area contributed by atoms with Crippen LogP contribution in [0.1, 0.15) is 43.9 Å². The van der Waals surface area contributed by atoms with E-state index >= 15 is 0 Å². The number of hydrogen-bond acceptors (Lipinski definition) is 5. The van der Waals surface area contributed by atoms with E-state index in [0.29, 0.717) is 12.0 Å². The van der Waals surface area contributed by atoms with Crippen LogP contribution in [0, 0.1) is 5.92 Å². The van der Waals surface area contributed by atoms with Gasteiger partial charge in [0.1, 0.15) is 11.5 Å². The van der Waals surface area contributed by atoms with Crippen LogP contribution in [-0.2, 0) is 13.0 Å². The monoisotopic (exact) mass is 358 g/mol. The Morgan fingerprint density at radius 3 is 2.77 bits per heavy atom. The minimum absolute atomic E-state index is 0.277. The lowest BCUT2D eigenvalue weighted by molar-refractivity contribution is 0.0667. The highest BCUT2D eigenvalue weighted by molar-refractivity contribution is 5.27. The van der Waals surface area contributed by atoms with E-state index in [4.69, 9.17) is 9.26 Å². The predicted octanol–water partition coefficient (Wildman–Crippen LogP) is 3.67. The van der Waals surface area contributed by atoms with Crippen molar-refractivity contribution in [2.75, 3.05) is 13.7 Å². The Kier molecular flexibility index (Phi) is 6.69. The Hall–Kier alpha value is -1.85. The quantitative estimate of drug-likeness (QED) is 0.780. The van der Waals surface area contributed by atoms with Gasteiger partial charge in [0.15, 0.2) is 0 Å². The van der Waals surface area contributed by atoms with E-state index in [1.807, 2.05) is 18.2 Å². The molecule has 2 aromatic rings. The van der Waals surface area contributed by atoms with Gasteiger partial charge >= 0.3 is 0 Å². The van der Waals surface area contributed by atoms with E-state index in [2.05, 4.69) is 29.1 Å². The molecule has 1 aromatic carbocycles. The van der Waals surface area contributed by atoms with Gasteiger partial charge in [-0.15, -0.1) is 0 Å². The molecule has 3 atom stereocenters. The molecule has 0 amide bonds. The molecule has 0 radical (unpaired) electrons. The van der Waals surface area contributed by atoms with Crippen molar-refractivity contribution in [2.24, 2.45) is 5.92 Å². The third kappa shape index (κ3) is 5.32. The second kappa shape index (κ2) is 9.19. The molecule has 0 bridgehead atoms. The second-order valence-electron chi connectivity index (χ2n) is 7.48. The molecule has 0 aliphatic carbocycles. The molecular formula is C21H30N2O3. The third-order valence-electron chi connectivity index (χ3n) is 5.47. The fourth-order valence-corrected chi connectivity index (χ4v) is 3.82. The van der Waals surface area contributed by atoms with Crippen molar-refractivity contribution in [3.63, 3.8) is 0 Å². The molecule has 5 nitrogen and oxygen atoms in total. The van der Waals surface area contributed by atoms with Crippen LogP contribution in [0.25, 0.3) is 0 Å². The molecule has 0 saturated carbocycles. The number of rotatable bonds is 8. The van der Waals surface area contributed by atoms with Crippen LogP contribution in [0.4, 0.5) is 0 Å². The summed E-state index contributed by atoms with van der Waals surface area (Å²) in [6.07, 6.45) is 6.11. The zero-order valence-corrected chi connectivity index (χ0v) is 15.8. The van der Waals surface area contributed by atoms with Crippen LogP contribution in [-0.4, -0.2) is 41.0 Å². The van der Waals surface area contributed by atoms with Crippen molar-refractivity contribution in [1.29, 1.82) is 0 Å². The number of nitrogens with zero attached hydrogens (tertiary/aromatic N) is 2. The number of hydrogen-bond donors (Lipinski definition) is 1. The molecule has 1 saturated heterocycles. The lowest BCUT2D eigenvalue weighted by atomic mass is 9.88. The minimum atomic E-state index is -0.277. The Bertz CT molecular complexity index is 642. The summed E-state index contributed by atoms with van der Waals surface area (Å²) in [7, 11) is 1.69. The summed E-state index contributed by atoms with van der Waals surface area (Å²) in [6, 6.07) is 10.8. The highest BCUT2D eigenvalue weighted by Crippen LogP contribution is 2.28. The SMILES string of the molecule is COc1ccc(CN2CC(CC(O)CCc3ccno3)CCC2C)cc1. The molecule has 1 N–H and O–H groups in total. The highest BCUT2D eigenvalue weighted by atomic mass is 16.5. The largest absolute Gasteiger partial charge is 0.497 e. The van der Waals surface area contributed by atoms with Crippen LogP contribution in [0.5, 0.6) is 5.75 Å². The average Bonchev–Trinajstić information content (AvgIpc) is 3.17. The van der Waals surface area contributed by atoms with Crippen molar-refractivity contribution < 1.29 is 14.4 Å². The van der Waals surface area contributed by atoms with Crippen LogP contribution < -0.4 is 4.74 Å². The summed E-state index contributed by atoms with van der Waals surface area (Å²) in [5, 5.41) is 14.1. The number of aliphatic hydroxyl groups excluding tert-OH is 1. The second-order valence-corrected chi connectivity index (χ2v) is 7.48. The average molecular weight is 358 g/mol. The van der Waals surface area contributed by atoms with Crippen molar-refractivity contribution in [3.05, 3.63) is 47.9 Å². The molecule has 1 aliphatic rings. The van der Waals surface area contributed by atoms with Gasteiger partial charge in [-0.3, -0.25) is 4.90 Å². The van der Waals surface area contributed by atoms with E-state index in [9.17, 15) is 5.11 Å². The van der Waals surface area contributed by atoms with Gasteiger partial charge in [-0.25, -0.2) is 0 Å². The fourth-order valence-electron chi connectivity index (χ4n) is 3.82. The minimum Gasteiger partial charge on any atom is -0.497 e. The van der Waals surface area contributed by atoms with E-state index in [0.717, 1.165) is 43.9 Å². The third-order valence-corrected chi connectivity index (χ3v) is 5.47. The van der Waals surface area contributed by atoms with Crippen LogP contribution >= 0.6 is 0 Å². The first-order chi connectivity index (χ1) is 12.6. The van der Waals surface area contributed by atoms with Crippen molar-refractivity contribution in [3.8, 4) is 5.75 Å². The summed E-state index contributed by atoms with van der Waals surface area (Å²) < 4.78 is 10.3. The summed E-state index contributed by atoms with van der Waals surface area (Å²) in [5.41, 5.74) is 1.31. The maximum Gasteiger partial charge on any atom is 0.136 e. The van der Waals surface area contributed by atoms with Crippen LogP contribution in [0.15, 0.2) is 41.1 Å². The van der Waals surface area contributed by atoms with E-state index in [1.165, 1.54) is 18.4 Å². The highest BCUT2D eigenvalue weighted by Gasteiger charge is 2.27. The standard InChI is InChI=1S/C21H30N2O3/c1-16-3-4-18(13-19(24)7-10-21-11-12-22-26-21)15-23(16)14-17-5-8-20(25-2)9-6-17/h5-6,8-9,11-12,16,18-19,24H,3-4,7,10,13-15H2,1-2H3. The molecule has 1 aliphatic heterocycles. The molecule has 2 heterocycles. The number of piperidine rings is 1. The molecule has 142 valence electrons. The number of aryl methyl sites for hydroxylation is 1. The van der Waals surface area contributed by atoms with E-state index in [1.54, 1.807) is 13.3 Å². The maximum absolute atomic E-state index is 10.4. The van der Waals surface area contributed by atoms with Crippen LogP contribution in [0.3, 0.4) is 0 Å². The molecule has 0 spiro atoms. The van der Waals surface area contributed by atoms with Crippen molar-refractivity contribution in [2.45, 2.75) is 57.7 Å². The number of benzene rings is 1. The van der Waals surface area contributed by atoms with E-state index in [-0.39, 0.29) is 6.10 Å². The van der Waals surface area contributed by atoms with Crippen LogP contribution in [0.2, 0.25) is 0 Å². The summed E-state index contributed by atoms with van der Waals surface area (Å²) in [6.45, 7) is 4.31. The normalized spacial score (nSPS) is 22.3. The number of likely N-dealkylation sites (tertiary alicyclic amines) is 1. The molecule has 26 heavy (non-hydrogen) atoms. The smallest absolute Gasteiger partial charge is 0.136 e. The van der Waals surface area contributed by atoms with Crippen molar-refractivity contribution >= 4 is 0 Å². The Balaban J connectivity index is 1.48. The first-order valence-corrected chi connectivity index (χ1v) is 9.58. The molecule has 3 unspecified atom stereocenters. The van der Waals surface area contributed by atoms with Crippen molar-refractivity contribution in [1.82, 2.24) is 10.1 Å². The molecule has 1 aromatic heterocycles. The lowest BCUT2D eigenvalue weighted by Crippen LogP contribution is -2.42. The van der Waals surface area contributed by atoms with Gasteiger partial charge in [0.05, 0.1) is 19.4 Å². The summed E-state index contributed by atoms with van der Waals surface area (Å²) in [4.78, 5) is 2.54. The topological polar surface area (TPSA) is 58.7 Å².